The van der Waals surface area contributed by atoms with Crippen molar-refractivity contribution in [3.05, 3.63) is 66.4 Å². The number of cyclic esters (lactones) is 1. The van der Waals surface area contributed by atoms with Gasteiger partial charge in [-0.2, -0.15) is 0 Å². The van der Waals surface area contributed by atoms with Crippen molar-refractivity contribution < 1.29 is 52.7 Å². The maximum absolute atomic E-state index is 14.6. The highest BCUT2D eigenvalue weighted by Gasteiger charge is 2.56. The molecule has 13 heteroatoms. The van der Waals surface area contributed by atoms with E-state index in [1.54, 1.807) is 34.3 Å². The van der Waals surface area contributed by atoms with Crippen molar-refractivity contribution in [2.24, 2.45) is 29.6 Å². The molecule has 0 spiro atoms. The van der Waals surface area contributed by atoms with E-state index in [-0.39, 0.29) is 61.0 Å². The minimum atomic E-state index is -2.48. The van der Waals surface area contributed by atoms with Gasteiger partial charge in [0.25, 0.3) is 11.7 Å². The molecule has 1 aromatic heterocycles. The molecule has 13 atom stereocenters. The van der Waals surface area contributed by atoms with Gasteiger partial charge in [-0.05, 0) is 138 Å². The molecule has 1 aromatic carbocycles. The molecule has 1 amide bonds. The fourth-order valence-corrected chi connectivity index (χ4v) is 11.4. The summed E-state index contributed by atoms with van der Waals surface area (Å²) in [5, 5.41) is 13.3. The largest absolute Gasteiger partial charge is 0.488 e. The number of aryl methyl sites for hydroxylation is 1. The number of fused-ring (bicyclic) bond motifs is 4. The number of esters is 1. The molecular formula is C55H80N2O11. The molecule has 2 aromatic rings. The molecule has 1 saturated carbocycles. The van der Waals surface area contributed by atoms with Gasteiger partial charge in [0.1, 0.15) is 35.9 Å². The molecule has 3 aliphatic heterocycles. The number of ether oxygens (including phenoxy) is 6. The second-order valence-electron chi connectivity index (χ2n) is 20.5. The summed E-state index contributed by atoms with van der Waals surface area (Å²) in [5.41, 5.74) is 3.08. The third kappa shape index (κ3) is 12.4. The van der Waals surface area contributed by atoms with Crippen molar-refractivity contribution in [3.63, 3.8) is 0 Å². The molecule has 6 rings (SSSR count). The number of carbonyl (C=O) groups excluding carboxylic acids is 4. The molecule has 1 N–H and O–H groups in total. The molecule has 2 bridgehead atoms. The SMILES string of the molecule is C=CCC1/C=C(\C)CC(C)CC(OC)C2OC(O)(C(=O)C(=O)N3CCCCC3C(=O)OC(C(C)=CC3CCC(Oc4ccc5c(ccn5CCC)c4)C(OC)C3)C(C)CCC1=O)C(C)CC2OC. The number of hydrogen-bond donors (Lipinski definition) is 1. The van der Waals surface area contributed by atoms with Crippen molar-refractivity contribution in [2.45, 2.75) is 180 Å². The van der Waals surface area contributed by atoms with Crippen LogP contribution >= 0.6 is 0 Å². The number of nitrogens with zero attached hydrogens (tertiary/aromatic N) is 2. The highest BCUT2D eigenvalue weighted by atomic mass is 16.7. The average Bonchev–Trinajstić information content (AvgIpc) is 3.73. The van der Waals surface area contributed by atoms with E-state index in [0.29, 0.717) is 51.4 Å². The summed E-state index contributed by atoms with van der Waals surface area (Å²) < 4.78 is 39.6. The number of aliphatic hydroxyl groups is 1. The smallest absolute Gasteiger partial charge is 0.329 e. The van der Waals surface area contributed by atoms with E-state index >= 15 is 0 Å². The van der Waals surface area contributed by atoms with Crippen LogP contribution in [0.15, 0.2) is 66.4 Å². The Hall–Kier alpha value is -4.14. The average molecular weight is 945 g/mol. The molecule has 4 aliphatic rings. The standard InChI is InChI=1S/C55H80N2O11/c1-11-15-41-28-34(3)27-35(4)29-48(64-9)51-49(65-10)31-38(7)55(62,68-51)52(59)53(60)57-25-14-13-16-44(57)54(61)67-50(36(5)17-21-45(41)58)37(6)30-39-18-22-46(47(32-39)63-8)66-42-19-20-43-40(33-42)23-26-56(43)24-12-2/h11,19-20,23,26,28,30,33,35-36,38-39,41,44,46-51,62H,1,12-18,21-22,24-25,27,29,31-32H2,2-10H3/b34-28+,37-30?. The maximum Gasteiger partial charge on any atom is 0.329 e. The lowest BCUT2D eigenvalue weighted by molar-refractivity contribution is -0.302. The second-order valence-corrected chi connectivity index (χ2v) is 20.5. The van der Waals surface area contributed by atoms with E-state index in [2.05, 4.69) is 55.5 Å². The number of aromatic nitrogens is 1. The number of benzene rings is 1. The van der Waals surface area contributed by atoms with E-state index in [0.717, 1.165) is 48.1 Å². The Balaban J connectivity index is 1.28. The van der Waals surface area contributed by atoms with Crippen LogP contribution in [0.1, 0.15) is 125 Å². The van der Waals surface area contributed by atoms with E-state index in [9.17, 15) is 24.3 Å². The minimum absolute atomic E-state index is 0.0596. The summed E-state index contributed by atoms with van der Waals surface area (Å²) in [4.78, 5) is 58.7. The number of methoxy groups -OCH3 is 3. The molecular weight excluding hydrogens is 865 g/mol. The molecule has 2 saturated heterocycles. The van der Waals surface area contributed by atoms with Crippen molar-refractivity contribution in [3.8, 4) is 5.75 Å². The summed E-state index contributed by atoms with van der Waals surface area (Å²) in [5.74, 6) is -5.61. The molecule has 4 heterocycles. The number of ketones is 2. The quantitative estimate of drug-likeness (QED) is 0.131. The maximum atomic E-state index is 14.6. The molecule has 1 aliphatic carbocycles. The van der Waals surface area contributed by atoms with Gasteiger partial charge < -0.3 is 43.0 Å². The zero-order valence-corrected chi connectivity index (χ0v) is 42.3. The van der Waals surface area contributed by atoms with Crippen LogP contribution in [0.4, 0.5) is 0 Å². The van der Waals surface area contributed by atoms with Crippen LogP contribution in [0, 0.1) is 29.6 Å². The number of hydrogen-bond acceptors (Lipinski definition) is 11. The number of Topliss-reactive ketones (excluding diaryl/α,β-unsaturated/α-hetero) is 2. The van der Waals surface area contributed by atoms with E-state index in [4.69, 9.17) is 28.4 Å². The summed E-state index contributed by atoms with van der Waals surface area (Å²) >= 11 is 0. The van der Waals surface area contributed by atoms with Crippen molar-refractivity contribution in [1.82, 2.24) is 9.47 Å². The Morgan fingerprint density at radius 2 is 1.66 bits per heavy atom. The van der Waals surface area contributed by atoms with Crippen molar-refractivity contribution in [1.29, 1.82) is 0 Å². The Morgan fingerprint density at radius 1 is 0.926 bits per heavy atom. The van der Waals surface area contributed by atoms with Crippen LogP contribution in [0.3, 0.4) is 0 Å². The fraction of sp³-hybridized carbons (Fsp3) is 0.673. The number of rotatable bonds is 11. The van der Waals surface area contributed by atoms with Crippen LogP contribution in [0.5, 0.6) is 5.75 Å². The van der Waals surface area contributed by atoms with Gasteiger partial charge >= 0.3 is 5.97 Å². The first-order valence-electron chi connectivity index (χ1n) is 25.3. The van der Waals surface area contributed by atoms with Crippen molar-refractivity contribution >= 4 is 34.3 Å². The topological polar surface area (TPSA) is 152 Å². The zero-order chi connectivity index (χ0) is 49.3. The van der Waals surface area contributed by atoms with Crippen LogP contribution in [0.2, 0.25) is 0 Å². The Labute approximate surface area is 404 Å². The molecule has 13 unspecified atom stereocenters. The summed E-state index contributed by atoms with van der Waals surface area (Å²) in [6, 6.07) is 7.31. The highest BCUT2D eigenvalue weighted by Crippen LogP contribution is 2.40. The molecule has 13 nitrogen and oxygen atoms in total. The zero-order valence-electron chi connectivity index (χ0n) is 42.3. The van der Waals surface area contributed by atoms with E-state index in [1.807, 2.05) is 32.9 Å². The summed E-state index contributed by atoms with van der Waals surface area (Å²) in [6.45, 7) is 17.0. The second kappa shape index (κ2) is 24.1. The predicted molar refractivity (Wildman–Crippen MR) is 262 cm³/mol. The van der Waals surface area contributed by atoms with Gasteiger partial charge in [-0.1, -0.05) is 51.5 Å². The third-order valence-corrected chi connectivity index (χ3v) is 15.2. The van der Waals surface area contributed by atoms with Crippen molar-refractivity contribution in [2.75, 3.05) is 27.9 Å². The van der Waals surface area contributed by atoms with E-state index in [1.165, 1.54) is 10.4 Å². The Morgan fingerprint density at radius 3 is 2.37 bits per heavy atom. The Bertz CT molecular complexity index is 2130. The molecule has 0 radical (unpaired) electrons. The molecule has 3 fully saturated rings. The van der Waals surface area contributed by atoms with Gasteiger partial charge in [0, 0.05) is 69.8 Å². The lowest BCUT2D eigenvalue weighted by Crippen LogP contribution is -2.64. The summed E-state index contributed by atoms with van der Waals surface area (Å²) in [7, 11) is 4.83. The first kappa shape index (κ1) is 53.2. The number of amides is 1. The van der Waals surface area contributed by atoms with E-state index < -0.39 is 59.8 Å². The first-order valence-corrected chi connectivity index (χ1v) is 25.3. The fourth-order valence-electron chi connectivity index (χ4n) is 11.4. The molecule has 376 valence electrons. The minimum Gasteiger partial charge on any atom is -0.488 e. The van der Waals surface area contributed by atoms with Gasteiger partial charge in [-0.25, -0.2) is 4.79 Å². The normalized spacial score (nSPS) is 35.2. The summed E-state index contributed by atoms with van der Waals surface area (Å²) in [6.07, 6.45) is 12.5. The van der Waals surface area contributed by atoms with Crippen LogP contribution in [-0.4, -0.2) is 114 Å². The van der Waals surface area contributed by atoms with Gasteiger partial charge in [0.15, 0.2) is 0 Å². The van der Waals surface area contributed by atoms with Crippen LogP contribution in [-0.2, 0) is 49.4 Å². The van der Waals surface area contributed by atoms with Gasteiger partial charge in [0.05, 0.1) is 18.3 Å². The molecule has 68 heavy (non-hydrogen) atoms. The predicted octanol–water partition coefficient (Wildman–Crippen LogP) is 9.12. The van der Waals surface area contributed by atoms with Crippen LogP contribution < -0.4 is 4.74 Å². The third-order valence-electron chi connectivity index (χ3n) is 15.2. The van der Waals surface area contributed by atoms with Gasteiger partial charge in [-0.15, -0.1) is 6.58 Å². The highest BCUT2D eigenvalue weighted by molar-refractivity contribution is 6.39. The monoisotopic (exact) mass is 945 g/mol. The number of piperidine rings is 1. The Kier molecular flexibility index (Phi) is 18.9. The lowest BCUT2D eigenvalue weighted by Gasteiger charge is -2.47. The first-order chi connectivity index (χ1) is 32.5. The number of allylic oxidation sites excluding steroid dienone is 4. The van der Waals surface area contributed by atoms with Crippen LogP contribution in [0.25, 0.3) is 10.9 Å². The lowest BCUT2D eigenvalue weighted by atomic mass is 9.82. The number of carbonyl (C=O) groups is 4. The van der Waals surface area contributed by atoms with Gasteiger partial charge in [0.2, 0.25) is 5.79 Å². The van der Waals surface area contributed by atoms with Gasteiger partial charge in [-0.3, -0.25) is 14.4 Å².